The fraction of sp³-hybridized carbons (Fsp3) is 0.407. The number of anilines is 2. The number of nitrogens with zero attached hydrogens (tertiary/aromatic N) is 2. The number of hydrogen-bond acceptors (Lipinski definition) is 5. The average molecular weight is 461 g/mol. The number of hydrogen-bond donors (Lipinski definition) is 0. The van der Waals surface area contributed by atoms with Gasteiger partial charge in [0.1, 0.15) is 5.75 Å². The Kier molecular flexibility index (Phi) is 5.71. The van der Waals surface area contributed by atoms with E-state index >= 15 is 0 Å². The molecule has 7 heteroatoms. The summed E-state index contributed by atoms with van der Waals surface area (Å²) >= 11 is 0. The van der Waals surface area contributed by atoms with Crippen molar-refractivity contribution in [3.8, 4) is 5.75 Å². The molecule has 2 heterocycles. The smallest absolute Gasteiger partial charge is 0.316 e. The van der Waals surface area contributed by atoms with Crippen LogP contribution in [0.5, 0.6) is 5.75 Å². The average Bonchev–Trinajstić information content (AvgIpc) is 3.31. The van der Waals surface area contributed by atoms with E-state index in [9.17, 15) is 19.2 Å². The number of imide groups is 1. The number of rotatable bonds is 4. The predicted molar refractivity (Wildman–Crippen MR) is 126 cm³/mol. The van der Waals surface area contributed by atoms with Gasteiger partial charge in [0.05, 0.1) is 23.4 Å². The van der Waals surface area contributed by atoms with Crippen LogP contribution >= 0.6 is 0 Å². The number of carbonyl (C=O) groups excluding carboxylic acids is 4. The highest BCUT2D eigenvalue weighted by Crippen LogP contribution is 2.42. The monoisotopic (exact) mass is 460 g/mol. The Hall–Kier alpha value is -3.48. The molecule has 7 nitrogen and oxygen atoms in total. The lowest BCUT2D eigenvalue weighted by Gasteiger charge is -2.25. The normalized spacial score (nSPS) is 26.7. The number of benzene rings is 2. The van der Waals surface area contributed by atoms with Gasteiger partial charge in [-0.05, 0) is 55.9 Å². The number of fused-ring (bicyclic) bond motifs is 1. The fourth-order valence-electron chi connectivity index (χ4n) is 5.49. The maximum atomic E-state index is 13.0. The number of esters is 1. The third-order valence-electron chi connectivity index (χ3n) is 7.35. The largest absolute Gasteiger partial charge is 0.426 e. The standard InChI is InChI=1S/C27H28N2O5/c1-16-10-11-21-22(12-16)26(32)29(25(21)31)19-7-5-8-20(14-19)34-27(33)18-13-24(30)28(15-18)23-9-4-3-6-17(23)2/h3-9,14,16,18,21-22H,10-13,15H2,1-2H3/t16-,18-,21-,22+/m1/s1. The Morgan fingerprint density at radius 2 is 1.74 bits per heavy atom. The van der Waals surface area contributed by atoms with Gasteiger partial charge in [-0.2, -0.15) is 0 Å². The highest BCUT2D eigenvalue weighted by Gasteiger charge is 2.50. The lowest BCUT2D eigenvalue weighted by Crippen LogP contribution is -2.31. The number of aryl methyl sites for hydroxylation is 1. The first kappa shape index (κ1) is 22.3. The van der Waals surface area contributed by atoms with Gasteiger partial charge in [0.2, 0.25) is 17.7 Å². The summed E-state index contributed by atoms with van der Waals surface area (Å²) in [5.41, 5.74) is 2.19. The highest BCUT2D eigenvalue weighted by atomic mass is 16.5. The molecular formula is C27H28N2O5. The number of ether oxygens (including phenoxy) is 1. The van der Waals surface area contributed by atoms with Crippen LogP contribution in [-0.4, -0.2) is 30.2 Å². The van der Waals surface area contributed by atoms with Gasteiger partial charge < -0.3 is 9.64 Å². The van der Waals surface area contributed by atoms with Gasteiger partial charge in [0.15, 0.2) is 0 Å². The van der Waals surface area contributed by atoms with E-state index in [0.717, 1.165) is 30.5 Å². The SMILES string of the molecule is Cc1ccccc1N1C[C@H](C(=O)Oc2cccc(N3C(=O)[C@H]4C[C@H](C)CC[C@H]4C3=O)c2)CC1=O. The van der Waals surface area contributed by atoms with Crippen LogP contribution in [0.1, 0.15) is 38.2 Å². The maximum Gasteiger partial charge on any atom is 0.316 e. The van der Waals surface area contributed by atoms with E-state index in [1.54, 1.807) is 29.2 Å². The molecule has 0 unspecified atom stereocenters. The molecule has 2 saturated heterocycles. The van der Waals surface area contributed by atoms with E-state index in [0.29, 0.717) is 11.6 Å². The zero-order valence-corrected chi connectivity index (χ0v) is 19.4. The Balaban J connectivity index is 1.30. The Morgan fingerprint density at radius 3 is 2.53 bits per heavy atom. The van der Waals surface area contributed by atoms with Gasteiger partial charge in [-0.1, -0.05) is 31.2 Å². The molecule has 5 rings (SSSR count). The van der Waals surface area contributed by atoms with E-state index in [1.807, 2.05) is 31.2 Å². The Morgan fingerprint density at radius 1 is 0.971 bits per heavy atom. The molecule has 1 aliphatic carbocycles. The van der Waals surface area contributed by atoms with Crippen molar-refractivity contribution in [1.29, 1.82) is 0 Å². The first-order valence-electron chi connectivity index (χ1n) is 11.9. The second kappa shape index (κ2) is 8.70. The van der Waals surface area contributed by atoms with Crippen molar-refractivity contribution in [2.24, 2.45) is 23.7 Å². The molecule has 0 bridgehead atoms. The summed E-state index contributed by atoms with van der Waals surface area (Å²) in [6.07, 6.45) is 2.49. The van der Waals surface area contributed by atoms with Crippen LogP contribution < -0.4 is 14.5 Å². The minimum Gasteiger partial charge on any atom is -0.426 e. The predicted octanol–water partition coefficient (Wildman–Crippen LogP) is 3.88. The molecule has 0 radical (unpaired) electrons. The minimum absolute atomic E-state index is 0.0809. The zero-order valence-electron chi connectivity index (χ0n) is 19.4. The van der Waals surface area contributed by atoms with Gasteiger partial charge >= 0.3 is 5.97 Å². The van der Waals surface area contributed by atoms with Gasteiger partial charge in [-0.3, -0.25) is 19.2 Å². The van der Waals surface area contributed by atoms with Gasteiger partial charge in [-0.25, -0.2) is 4.90 Å². The van der Waals surface area contributed by atoms with Gasteiger partial charge in [0.25, 0.3) is 0 Å². The summed E-state index contributed by atoms with van der Waals surface area (Å²) in [5, 5.41) is 0. The first-order chi connectivity index (χ1) is 16.3. The molecule has 4 atom stereocenters. The van der Waals surface area contributed by atoms with E-state index in [2.05, 4.69) is 6.92 Å². The maximum absolute atomic E-state index is 13.0. The van der Waals surface area contributed by atoms with Crippen molar-refractivity contribution in [3.63, 3.8) is 0 Å². The van der Waals surface area contributed by atoms with Crippen LogP contribution in [0, 0.1) is 30.6 Å². The van der Waals surface area contributed by atoms with Crippen molar-refractivity contribution in [3.05, 3.63) is 54.1 Å². The third-order valence-corrected chi connectivity index (χ3v) is 7.35. The van der Waals surface area contributed by atoms with E-state index in [4.69, 9.17) is 4.74 Å². The molecule has 3 fully saturated rings. The van der Waals surface area contributed by atoms with Crippen LogP contribution in [0.25, 0.3) is 0 Å². The van der Waals surface area contributed by atoms with Gasteiger partial charge in [-0.15, -0.1) is 0 Å². The van der Waals surface area contributed by atoms with E-state index in [-0.39, 0.29) is 48.3 Å². The zero-order chi connectivity index (χ0) is 24.0. The molecule has 2 aromatic carbocycles. The number of amides is 3. The Bertz CT molecular complexity index is 1180. The van der Waals surface area contributed by atoms with E-state index < -0.39 is 11.9 Å². The van der Waals surface area contributed by atoms with Crippen molar-refractivity contribution in [2.45, 2.75) is 39.5 Å². The molecule has 1 saturated carbocycles. The molecule has 0 N–H and O–H groups in total. The molecule has 3 aliphatic rings. The summed E-state index contributed by atoms with van der Waals surface area (Å²) < 4.78 is 5.60. The molecule has 2 aromatic rings. The second-order valence-corrected chi connectivity index (χ2v) is 9.75. The molecule has 0 spiro atoms. The third kappa shape index (κ3) is 3.89. The molecular weight excluding hydrogens is 432 g/mol. The second-order valence-electron chi connectivity index (χ2n) is 9.75. The molecule has 3 amide bonds. The number of para-hydroxylation sites is 1. The lowest BCUT2D eigenvalue weighted by molar-refractivity contribution is -0.139. The van der Waals surface area contributed by atoms with Crippen molar-refractivity contribution >= 4 is 35.1 Å². The number of carbonyl (C=O) groups is 4. The van der Waals surface area contributed by atoms with Crippen molar-refractivity contribution in [2.75, 3.05) is 16.3 Å². The van der Waals surface area contributed by atoms with Crippen LogP contribution in [0.2, 0.25) is 0 Å². The molecule has 0 aromatic heterocycles. The lowest BCUT2D eigenvalue weighted by atomic mass is 9.76. The topological polar surface area (TPSA) is 84.0 Å². The summed E-state index contributed by atoms with van der Waals surface area (Å²) in [7, 11) is 0. The molecule has 2 aliphatic heterocycles. The molecule has 34 heavy (non-hydrogen) atoms. The highest BCUT2D eigenvalue weighted by molar-refractivity contribution is 6.22. The van der Waals surface area contributed by atoms with Crippen molar-refractivity contribution in [1.82, 2.24) is 0 Å². The van der Waals surface area contributed by atoms with Crippen LogP contribution in [0.4, 0.5) is 11.4 Å². The van der Waals surface area contributed by atoms with Crippen LogP contribution in [0.15, 0.2) is 48.5 Å². The fourth-order valence-corrected chi connectivity index (χ4v) is 5.49. The summed E-state index contributed by atoms with van der Waals surface area (Å²) in [5.74, 6) is -1.37. The summed E-state index contributed by atoms with van der Waals surface area (Å²) in [4.78, 5) is 54.4. The first-order valence-corrected chi connectivity index (χ1v) is 11.9. The van der Waals surface area contributed by atoms with Crippen molar-refractivity contribution < 1.29 is 23.9 Å². The Labute approximate surface area is 198 Å². The quantitative estimate of drug-likeness (QED) is 0.393. The van der Waals surface area contributed by atoms with Gasteiger partial charge in [0, 0.05) is 24.7 Å². The van der Waals surface area contributed by atoms with E-state index in [1.165, 1.54) is 4.90 Å². The minimum atomic E-state index is -0.588. The van der Waals surface area contributed by atoms with Crippen LogP contribution in [0.3, 0.4) is 0 Å². The molecule has 176 valence electrons. The summed E-state index contributed by atoms with van der Waals surface area (Å²) in [6, 6.07) is 14.1. The summed E-state index contributed by atoms with van der Waals surface area (Å²) in [6.45, 7) is 4.30. The van der Waals surface area contributed by atoms with Crippen LogP contribution in [-0.2, 0) is 19.2 Å².